The van der Waals surface area contributed by atoms with Gasteiger partial charge in [0.15, 0.2) is 5.82 Å². The highest BCUT2D eigenvalue weighted by molar-refractivity contribution is 7.25. The van der Waals surface area contributed by atoms with Crippen LogP contribution in [-0.2, 0) is 4.74 Å². The largest absolute Gasteiger partial charge is 0.461 e. The number of hydrogen-bond donors (Lipinski definition) is 0. The molecule has 0 radical (unpaired) electrons. The standard InChI is InChI=1S/C21H31FO2S2/c1-4-5-6-7-8-9-10-11-12-13-14-24-21(23)20-18(22)17-15(2)25-16(3)19(17)26-20/h4-14H2,1-3H3. The molecule has 146 valence electrons. The van der Waals surface area contributed by atoms with Crippen LogP contribution in [0.3, 0.4) is 0 Å². The van der Waals surface area contributed by atoms with Crippen molar-refractivity contribution in [2.45, 2.75) is 85.0 Å². The number of aryl methyl sites for hydroxylation is 2. The number of hydrogen-bond acceptors (Lipinski definition) is 4. The number of unbranched alkanes of at least 4 members (excludes halogenated alkanes) is 9. The molecule has 26 heavy (non-hydrogen) atoms. The Hall–Kier alpha value is -0.940. The van der Waals surface area contributed by atoms with E-state index in [1.807, 2.05) is 13.8 Å². The third kappa shape index (κ3) is 5.78. The lowest BCUT2D eigenvalue weighted by Gasteiger charge is -2.04. The summed E-state index contributed by atoms with van der Waals surface area (Å²) in [7, 11) is 0. The monoisotopic (exact) mass is 398 g/mol. The number of rotatable bonds is 12. The van der Waals surface area contributed by atoms with Crippen LogP contribution < -0.4 is 0 Å². The summed E-state index contributed by atoms with van der Waals surface area (Å²) in [5.74, 6) is -0.914. The van der Waals surface area contributed by atoms with Crippen molar-refractivity contribution in [3.63, 3.8) is 0 Å². The lowest BCUT2D eigenvalue weighted by atomic mass is 10.1. The molecule has 0 bridgehead atoms. The van der Waals surface area contributed by atoms with Gasteiger partial charge in [0.05, 0.1) is 11.3 Å². The molecule has 0 amide bonds. The second-order valence-corrected chi connectivity index (χ2v) is 9.43. The summed E-state index contributed by atoms with van der Waals surface area (Å²) in [5, 5.41) is 0.600. The van der Waals surface area contributed by atoms with Crippen LogP contribution in [0.25, 0.3) is 10.1 Å². The Kier molecular flexibility index (Phi) is 9.06. The van der Waals surface area contributed by atoms with Crippen molar-refractivity contribution in [3.05, 3.63) is 20.4 Å². The lowest BCUT2D eigenvalue weighted by Crippen LogP contribution is -2.06. The van der Waals surface area contributed by atoms with E-state index in [2.05, 4.69) is 6.92 Å². The van der Waals surface area contributed by atoms with Crippen LogP contribution in [0.1, 0.15) is 90.6 Å². The third-order valence-corrected chi connectivity index (χ3v) is 7.16. The summed E-state index contributed by atoms with van der Waals surface area (Å²) in [6.07, 6.45) is 12.4. The van der Waals surface area contributed by atoms with Crippen molar-refractivity contribution in [2.75, 3.05) is 6.61 Å². The highest BCUT2D eigenvalue weighted by Gasteiger charge is 2.23. The molecular weight excluding hydrogens is 367 g/mol. The van der Waals surface area contributed by atoms with Gasteiger partial charge in [-0.3, -0.25) is 0 Å². The summed E-state index contributed by atoms with van der Waals surface area (Å²) >= 11 is 2.80. The Balaban J connectivity index is 1.62. The number of fused-ring (bicyclic) bond motifs is 1. The summed E-state index contributed by atoms with van der Waals surface area (Å²) < 4.78 is 20.7. The van der Waals surface area contributed by atoms with Crippen molar-refractivity contribution in [3.8, 4) is 0 Å². The summed E-state index contributed by atoms with van der Waals surface area (Å²) in [5.41, 5.74) is 0. The van der Waals surface area contributed by atoms with Crippen LogP contribution in [0, 0.1) is 19.7 Å². The minimum absolute atomic E-state index is 0.126. The number of esters is 1. The van der Waals surface area contributed by atoms with Gasteiger partial charge in [-0.15, -0.1) is 22.7 Å². The zero-order valence-electron chi connectivity index (χ0n) is 16.3. The first-order valence-corrected chi connectivity index (χ1v) is 11.5. The van der Waals surface area contributed by atoms with Gasteiger partial charge in [0.25, 0.3) is 0 Å². The van der Waals surface area contributed by atoms with Crippen molar-refractivity contribution in [1.29, 1.82) is 0 Å². The maximum Gasteiger partial charge on any atom is 0.351 e. The molecule has 0 atom stereocenters. The highest BCUT2D eigenvalue weighted by atomic mass is 32.1. The van der Waals surface area contributed by atoms with Crippen LogP contribution in [0.5, 0.6) is 0 Å². The van der Waals surface area contributed by atoms with Gasteiger partial charge in [0.1, 0.15) is 4.88 Å². The fourth-order valence-electron chi connectivity index (χ4n) is 3.25. The zero-order chi connectivity index (χ0) is 18.9. The van der Waals surface area contributed by atoms with E-state index >= 15 is 0 Å². The number of carbonyl (C=O) groups is 1. The van der Waals surface area contributed by atoms with Crippen LogP contribution >= 0.6 is 22.7 Å². The van der Waals surface area contributed by atoms with E-state index in [0.717, 1.165) is 27.3 Å². The molecule has 2 nitrogen and oxygen atoms in total. The summed E-state index contributed by atoms with van der Waals surface area (Å²) in [4.78, 5) is 14.3. The SMILES string of the molecule is CCCCCCCCCCCCOC(=O)c1sc2c(C)sc(C)c2c1F. The minimum Gasteiger partial charge on any atom is -0.461 e. The molecule has 0 fully saturated rings. The van der Waals surface area contributed by atoms with E-state index in [4.69, 9.17) is 4.74 Å². The quantitative estimate of drug-likeness (QED) is 0.269. The van der Waals surface area contributed by atoms with Crippen LogP contribution in [0.4, 0.5) is 4.39 Å². The Morgan fingerprint density at radius 1 is 0.885 bits per heavy atom. The molecule has 0 spiro atoms. The number of thiophene rings is 2. The molecule has 0 unspecified atom stereocenters. The second-order valence-electron chi connectivity index (χ2n) is 6.98. The van der Waals surface area contributed by atoms with E-state index < -0.39 is 11.8 Å². The van der Waals surface area contributed by atoms with Crippen LogP contribution in [0.2, 0.25) is 0 Å². The lowest BCUT2D eigenvalue weighted by molar-refractivity contribution is 0.0499. The summed E-state index contributed by atoms with van der Waals surface area (Å²) in [6.45, 7) is 6.49. The second kappa shape index (κ2) is 11.0. The van der Waals surface area contributed by atoms with Gasteiger partial charge in [-0.05, 0) is 20.3 Å². The molecule has 2 aromatic rings. The molecule has 0 aliphatic heterocycles. The molecule has 0 aliphatic rings. The molecule has 2 heterocycles. The Morgan fingerprint density at radius 3 is 2.04 bits per heavy atom. The number of carbonyl (C=O) groups excluding carboxylic acids is 1. The van der Waals surface area contributed by atoms with Gasteiger partial charge in [-0.2, -0.15) is 0 Å². The Labute approximate surface area is 164 Å². The van der Waals surface area contributed by atoms with Crippen LogP contribution in [-0.4, -0.2) is 12.6 Å². The molecule has 0 aliphatic carbocycles. The van der Waals surface area contributed by atoms with Crippen molar-refractivity contribution >= 4 is 38.7 Å². The van der Waals surface area contributed by atoms with E-state index in [1.165, 1.54) is 62.7 Å². The van der Waals surface area contributed by atoms with Crippen LogP contribution in [0.15, 0.2) is 0 Å². The molecule has 2 aromatic heterocycles. The average Bonchev–Trinajstić information content (AvgIpc) is 3.10. The van der Waals surface area contributed by atoms with Crippen molar-refractivity contribution in [1.82, 2.24) is 0 Å². The first-order valence-electron chi connectivity index (χ1n) is 9.91. The number of ether oxygens (including phenoxy) is 1. The van der Waals surface area contributed by atoms with E-state index in [0.29, 0.717) is 12.0 Å². The molecule has 0 aromatic carbocycles. The summed E-state index contributed by atoms with van der Waals surface area (Å²) in [6, 6.07) is 0. The van der Waals surface area contributed by atoms with Gasteiger partial charge < -0.3 is 4.74 Å². The average molecular weight is 399 g/mol. The Bertz CT molecular complexity index is 702. The number of halogens is 1. The fourth-order valence-corrected chi connectivity index (χ4v) is 5.54. The van der Waals surface area contributed by atoms with E-state index in [1.54, 1.807) is 11.3 Å². The fraction of sp³-hybridized carbons (Fsp3) is 0.667. The Morgan fingerprint density at radius 2 is 1.46 bits per heavy atom. The van der Waals surface area contributed by atoms with E-state index in [9.17, 15) is 9.18 Å². The highest BCUT2D eigenvalue weighted by Crippen LogP contribution is 2.39. The smallest absolute Gasteiger partial charge is 0.351 e. The van der Waals surface area contributed by atoms with E-state index in [-0.39, 0.29) is 4.88 Å². The third-order valence-electron chi connectivity index (χ3n) is 4.74. The maximum absolute atomic E-state index is 14.5. The predicted octanol–water partition coefficient (Wildman–Crippen LogP) is 7.80. The zero-order valence-corrected chi connectivity index (χ0v) is 17.9. The minimum atomic E-state index is -0.511. The van der Waals surface area contributed by atoms with Gasteiger partial charge in [-0.1, -0.05) is 64.7 Å². The first-order chi connectivity index (χ1) is 12.6. The topological polar surface area (TPSA) is 26.3 Å². The van der Waals surface area contributed by atoms with Crippen molar-refractivity contribution in [2.24, 2.45) is 0 Å². The molecule has 0 saturated heterocycles. The maximum atomic E-state index is 14.5. The molecule has 0 N–H and O–H groups in total. The first kappa shape index (κ1) is 21.4. The predicted molar refractivity (Wildman–Crippen MR) is 111 cm³/mol. The van der Waals surface area contributed by atoms with Gasteiger partial charge in [-0.25, -0.2) is 9.18 Å². The van der Waals surface area contributed by atoms with Gasteiger partial charge in [0, 0.05) is 15.1 Å². The molecule has 0 saturated carbocycles. The normalized spacial score (nSPS) is 11.4. The molecule has 2 rings (SSSR count). The van der Waals surface area contributed by atoms with Gasteiger partial charge >= 0.3 is 5.97 Å². The van der Waals surface area contributed by atoms with Crippen molar-refractivity contribution < 1.29 is 13.9 Å². The molecule has 5 heteroatoms. The van der Waals surface area contributed by atoms with Gasteiger partial charge in [0.2, 0.25) is 0 Å². The molecular formula is C21H31FO2S2.